The molecule has 0 radical (unpaired) electrons. The van der Waals surface area contributed by atoms with E-state index >= 15 is 0 Å². The second-order valence-corrected chi connectivity index (χ2v) is 5.93. The lowest BCUT2D eigenvalue weighted by Gasteiger charge is -2.11. The topological polar surface area (TPSA) is 99.3 Å². The first-order valence-electron chi connectivity index (χ1n) is 7.96. The molecule has 8 nitrogen and oxygen atoms in total. The third kappa shape index (κ3) is 4.62. The third-order valence-electron chi connectivity index (χ3n) is 3.68. The van der Waals surface area contributed by atoms with Crippen LogP contribution in [-0.4, -0.2) is 27.2 Å². The summed E-state index contributed by atoms with van der Waals surface area (Å²) >= 11 is 6.15. The van der Waals surface area contributed by atoms with Crippen molar-refractivity contribution in [2.24, 2.45) is 0 Å². The summed E-state index contributed by atoms with van der Waals surface area (Å²) in [6, 6.07) is 14.9. The van der Waals surface area contributed by atoms with Gasteiger partial charge >= 0.3 is 5.69 Å². The number of nitro benzene ring substituents is 1. The van der Waals surface area contributed by atoms with Crippen LogP contribution in [-0.2, 0) is 11.3 Å². The molecule has 0 aliphatic carbocycles. The van der Waals surface area contributed by atoms with Crippen LogP contribution < -0.4 is 10.1 Å². The number of aromatic nitrogens is 2. The molecular weight excluding hydrogens is 372 g/mol. The predicted molar refractivity (Wildman–Crippen MR) is 100 cm³/mol. The van der Waals surface area contributed by atoms with Crippen molar-refractivity contribution in [3.63, 3.8) is 0 Å². The number of para-hydroxylation sites is 2. The molecule has 0 unspecified atom stereocenters. The van der Waals surface area contributed by atoms with Crippen molar-refractivity contribution in [1.82, 2.24) is 9.78 Å². The number of nitro groups is 1. The van der Waals surface area contributed by atoms with Gasteiger partial charge in [0, 0.05) is 17.2 Å². The Kier molecular flexibility index (Phi) is 5.68. The fourth-order valence-corrected chi connectivity index (χ4v) is 2.60. The largest absolute Gasteiger partial charge is 0.477 e. The molecule has 9 heteroatoms. The molecule has 138 valence electrons. The van der Waals surface area contributed by atoms with Crippen LogP contribution in [0.3, 0.4) is 0 Å². The molecule has 0 aliphatic rings. The van der Waals surface area contributed by atoms with Gasteiger partial charge in [0.1, 0.15) is 5.82 Å². The van der Waals surface area contributed by atoms with Crippen LogP contribution in [0, 0.1) is 10.1 Å². The Bertz CT molecular complexity index is 973. The van der Waals surface area contributed by atoms with E-state index in [1.807, 2.05) is 18.2 Å². The molecule has 0 spiro atoms. The van der Waals surface area contributed by atoms with Gasteiger partial charge in [0.25, 0.3) is 5.91 Å². The predicted octanol–water partition coefficient (Wildman–Crippen LogP) is 3.51. The first-order valence-corrected chi connectivity index (χ1v) is 8.33. The second kappa shape index (κ2) is 8.33. The van der Waals surface area contributed by atoms with Crippen molar-refractivity contribution in [2.75, 3.05) is 11.9 Å². The molecule has 0 saturated carbocycles. The number of ether oxygens (including phenoxy) is 1. The van der Waals surface area contributed by atoms with E-state index in [4.69, 9.17) is 16.3 Å². The summed E-state index contributed by atoms with van der Waals surface area (Å²) in [4.78, 5) is 22.6. The van der Waals surface area contributed by atoms with Crippen molar-refractivity contribution in [2.45, 2.75) is 6.54 Å². The highest BCUT2D eigenvalue weighted by Gasteiger charge is 2.15. The molecule has 2 aromatic carbocycles. The van der Waals surface area contributed by atoms with Gasteiger partial charge in [-0.05, 0) is 17.7 Å². The van der Waals surface area contributed by atoms with Gasteiger partial charge in [0.15, 0.2) is 12.4 Å². The lowest BCUT2D eigenvalue weighted by molar-refractivity contribution is -0.385. The van der Waals surface area contributed by atoms with Crippen molar-refractivity contribution < 1.29 is 14.5 Å². The van der Waals surface area contributed by atoms with Gasteiger partial charge in [-0.25, -0.2) is 4.68 Å². The minimum absolute atomic E-state index is 0.0298. The van der Waals surface area contributed by atoms with Crippen molar-refractivity contribution in [3.8, 4) is 5.75 Å². The number of carbonyl (C=O) groups is 1. The van der Waals surface area contributed by atoms with E-state index in [1.165, 1.54) is 18.2 Å². The van der Waals surface area contributed by atoms with Gasteiger partial charge in [-0.3, -0.25) is 14.9 Å². The number of halogens is 1. The SMILES string of the molecule is O=C(COc1ccccc1[N+](=O)[O-])Nc1ccnn1Cc1ccccc1Cl. The summed E-state index contributed by atoms with van der Waals surface area (Å²) < 4.78 is 6.87. The number of nitrogens with one attached hydrogen (secondary N) is 1. The van der Waals surface area contributed by atoms with Crippen LogP contribution in [0.4, 0.5) is 11.5 Å². The summed E-state index contributed by atoms with van der Waals surface area (Å²) in [5.41, 5.74) is 0.656. The standard InChI is InChI=1S/C18H15ClN4O4/c19-14-6-2-1-5-13(14)11-22-17(9-10-20-22)21-18(24)12-27-16-8-4-3-7-15(16)23(25)26/h1-10H,11-12H2,(H,21,24). The third-order valence-corrected chi connectivity index (χ3v) is 4.05. The van der Waals surface area contributed by atoms with E-state index in [0.29, 0.717) is 17.4 Å². The van der Waals surface area contributed by atoms with Crippen LogP contribution in [0.5, 0.6) is 5.75 Å². The molecule has 3 aromatic rings. The Hall–Kier alpha value is -3.39. The average molecular weight is 387 g/mol. The Morgan fingerprint density at radius 1 is 1.19 bits per heavy atom. The monoisotopic (exact) mass is 386 g/mol. The second-order valence-electron chi connectivity index (χ2n) is 5.53. The number of hydrogen-bond donors (Lipinski definition) is 1. The molecular formula is C18H15ClN4O4. The average Bonchev–Trinajstić information content (AvgIpc) is 3.08. The summed E-state index contributed by atoms with van der Waals surface area (Å²) in [7, 11) is 0. The maximum atomic E-state index is 12.2. The molecule has 1 N–H and O–H groups in total. The summed E-state index contributed by atoms with van der Waals surface area (Å²) in [6.07, 6.45) is 1.55. The Morgan fingerprint density at radius 2 is 1.93 bits per heavy atom. The van der Waals surface area contributed by atoms with Crippen LogP contribution >= 0.6 is 11.6 Å². The summed E-state index contributed by atoms with van der Waals surface area (Å²) in [6.45, 7) is 0.00935. The van der Waals surface area contributed by atoms with Crippen LogP contribution in [0.15, 0.2) is 60.8 Å². The van der Waals surface area contributed by atoms with Crippen molar-refractivity contribution >= 4 is 29.0 Å². The number of hydrogen-bond acceptors (Lipinski definition) is 5. The Balaban J connectivity index is 1.64. The zero-order valence-electron chi connectivity index (χ0n) is 14.0. The number of carbonyl (C=O) groups excluding carboxylic acids is 1. The Labute approximate surface area is 159 Å². The molecule has 0 bridgehead atoms. The molecule has 3 rings (SSSR count). The van der Waals surface area contributed by atoms with Gasteiger partial charge < -0.3 is 10.1 Å². The highest BCUT2D eigenvalue weighted by Crippen LogP contribution is 2.25. The minimum Gasteiger partial charge on any atom is -0.477 e. The highest BCUT2D eigenvalue weighted by atomic mass is 35.5. The fourth-order valence-electron chi connectivity index (χ4n) is 2.41. The zero-order valence-corrected chi connectivity index (χ0v) is 14.8. The maximum Gasteiger partial charge on any atom is 0.310 e. The van der Waals surface area contributed by atoms with Crippen molar-refractivity contribution in [1.29, 1.82) is 0 Å². The van der Waals surface area contributed by atoms with E-state index < -0.39 is 10.8 Å². The van der Waals surface area contributed by atoms with Crippen LogP contribution in [0.1, 0.15) is 5.56 Å². The minimum atomic E-state index is -0.564. The molecule has 1 amide bonds. The summed E-state index contributed by atoms with van der Waals surface area (Å²) in [5.74, 6) is 0.0300. The number of amides is 1. The van der Waals surface area contributed by atoms with Crippen molar-refractivity contribution in [3.05, 3.63) is 81.5 Å². The lowest BCUT2D eigenvalue weighted by Crippen LogP contribution is -2.22. The zero-order chi connectivity index (χ0) is 19.2. The van der Waals surface area contributed by atoms with E-state index in [0.717, 1.165) is 5.56 Å². The molecule has 1 aromatic heterocycles. The fraction of sp³-hybridized carbons (Fsp3) is 0.111. The number of benzene rings is 2. The quantitative estimate of drug-likeness (QED) is 0.494. The number of anilines is 1. The van der Waals surface area contributed by atoms with Crippen LogP contribution in [0.2, 0.25) is 5.02 Å². The van der Waals surface area contributed by atoms with E-state index in [9.17, 15) is 14.9 Å². The van der Waals surface area contributed by atoms with E-state index in [2.05, 4.69) is 10.4 Å². The van der Waals surface area contributed by atoms with E-state index in [-0.39, 0.29) is 18.0 Å². The first kappa shape index (κ1) is 18.4. The highest BCUT2D eigenvalue weighted by molar-refractivity contribution is 6.31. The van der Waals surface area contributed by atoms with Crippen LogP contribution in [0.25, 0.3) is 0 Å². The maximum absolute atomic E-state index is 12.2. The first-order chi connectivity index (χ1) is 13.0. The molecule has 1 heterocycles. The number of rotatable bonds is 7. The molecule has 0 aliphatic heterocycles. The van der Waals surface area contributed by atoms with Gasteiger partial charge in [-0.2, -0.15) is 5.10 Å². The lowest BCUT2D eigenvalue weighted by atomic mass is 10.2. The molecule has 0 fully saturated rings. The van der Waals surface area contributed by atoms with Gasteiger partial charge in [-0.15, -0.1) is 0 Å². The number of nitrogens with zero attached hydrogens (tertiary/aromatic N) is 3. The normalized spacial score (nSPS) is 10.4. The molecule has 27 heavy (non-hydrogen) atoms. The molecule has 0 atom stereocenters. The summed E-state index contributed by atoms with van der Waals surface area (Å²) in [5, 5.41) is 18.4. The van der Waals surface area contributed by atoms with E-state index in [1.54, 1.807) is 29.1 Å². The Morgan fingerprint density at radius 3 is 2.70 bits per heavy atom. The van der Waals surface area contributed by atoms with Gasteiger partial charge in [-0.1, -0.05) is 41.9 Å². The smallest absolute Gasteiger partial charge is 0.310 e. The van der Waals surface area contributed by atoms with Gasteiger partial charge in [0.05, 0.1) is 17.7 Å². The van der Waals surface area contributed by atoms with Gasteiger partial charge in [0.2, 0.25) is 0 Å². The molecule has 0 saturated heterocycles.